The number of ether oxygens (including phenoxy) is 2. The Kier molecular flexibility index (Phi) is 6.10. The van der Waals surface area contributed by atoms with Crippen LogP contribution in [0.15, 0.2) is 48.5 Å². The van der Waals surface area contributed by atoms with Crippen LogP contribution in [0.5, 0.6) is 5.75 Å². The molecule has 0 saturated carbocycles. The van der Waals surface area contributed by atoms with Crippen molar-refractivity contribution < 1.29 is 19.1 Å². The molecule has 152 valence electrons. The summed E-state index contributed by atoms with van der Waals surface area (Å²) in [5.41, 5.74) is 1.76. The summed E-state index contributed by atoms with van der Waals surface area (Å²) in [5, 5.41) is 2.89. The Bertz CT molecular complexity index is 853. The fourth-order valence-corrected chi connectivity index (χ4v) is 3.74. The van der Waals surface area contributed by atoms with Gasteiger partial charge in [0, 0.05) is 30.9 Å². The molecule has 4 rings (SSSR count). The largest absolute Gasteiger partial charge is 0.490 e. The maximum Gasteiger partial charge on any atom is 0.259 e. The van der Waals surface area contributed by atoms with Crippen LogP contribution in [0.1, 0.15) is 46.4 Å². The highest BCUT2D eigenvalue weighted by molar-refractivity contribution is 6.06. The van der Waals surface area contributed by atoms with E-state index in [2.05, 4.69) is 5.32 Å². The van der Waals surface area contributed by atoms with Gasteiger partial charge in [-0.3, -0.25) is 9.59 Å². The molecule has 2 aliphatic heterocycles. The zero-order valence-electron chi connectivity index (χ0n) is 16.4. The molecule has 0 aliphatic carbocycles. The van der Waals surface area contributed by atoms with E-state index in [0.717, 1.165) is 45.4 Å². The molecule has 2 heterocycles. The van der Waals surface area contributed by atoms with Crippen molar-refractivity contribution in [2.45, 2.75) is 31.8 Å². The second-order valence-electron chi connectivity index (χ2n) is 7.47. The van der Waals surface area contributed by atoms with Gasteiger partial charge < -0.3 is 19.7 Å². The standard InChI is InChI=1S/C23H26N2O4/c26-22(20-7-1-2-8-21(20)29-16-19-6-5-15-28-19)24-18-11-9-17(10-12-18)23(27)25-13-3-4-14-25/h1-2,7-12,19H,3-6,13-16H2,(H,24,26). The minimum absolute atomic E-state index is 0.0493. The minimum atomic E-state index is -0.244. The van der Waals surface area contributed by atoms with E-state index in [1.165, 1.54) is 0 Å². The number of likely N-dealkylation sites (tertiary alicyclic amines) is 1. The van der Waals surface area contributed by atoms with Crippen molar-refractivity contribution in [2.75, 3.05) is 31.6 Å². The van der Waals surface area contributed by atoms with E-state index >= 15 is 0 Å². The molecular weight excluding hydrogens is 368 g/mol. The average molecular weight is 394 g/mol. The number of para-hydroxylation sites is 1. The number of carbonyl (C=O) groups is 2. The molecule has 2 aromatic carbocycles. The summed E-state index contributed by atoms with van der Waals surface area (Å²) < 4.78 is 11.4. The zero-order chi connectivity index (χ0) is 20.1. The highest BCUT2D eigenvalue weighted by Crippen LogP contribution is 2.22. The maximum absolute atomic E-state index is 12.8. The molecule has 1 N–H and O–H groups in total. The molecule has 6 heteroatoms. The van der Waals surface area contributed by atoms with Crippen molar-refractivity contribution >= 4 is 17.5 Å². The lowest BCUT2D eigenvalue weighted by atomic mass is 10.1. The Morgan fingerprint density at radius 3 is 2.52 bits per heavy atom. The summed E-state index contributed by atoms with van der Waals surface area (Å²) >= 11 is 0. The fourth-order valence-electron chi connectivity index (χ4n) is 3.74. The molecule has 0 bridgehead atoms. The molecule has 1 atom stereocenters. The number of amides is 2. The normalized spacial score (nSPS) is 18.6. The minimum Gasteiger partial charge on any atom is -0.490 e. The van der Waals surface area contributed by atoms with Gasteiger partial charge in [-0.2, -0.15) is 0 Å². The first-order valence-electron chi connectivity index (χ1n) is 10.2. The Hall–Kier alpha value is -2.86. The van der Waals surface area contributed by atoms with Crippen LogP contribution >= 0.6 is 0 Å². The average Bonchev–Trinajstić information content (AvgIpc) is 3.47. The van der Waals surface area contributed by atoms with E-state index in [-0.39, 0.29) is 17.9 Å². The quantitative estimate of drug-likeness (QED) is 0.811. The van der Waals surface area contributed by atoms with Gasteiger partial charge in [-0.1, -0.05) is 12.1 Å². The van der Waals surface area contributed by atoms with E-state index in [1.807, 2.05) is 17.0 Å². The molecule has 2 aliphatic rings. The molecule has 2 amide bonds. The molecular formula is C23H26N2O4. The van der Waals surface area contributed by atoms with Crippen LogP contribution in [0, 0.1) is 0 Å². The van der Waals surface area contributed by atoms with Crippen molar-refractivity contribution in [3.63, 3.8) is 0 Å². The lowest BCUT2D eigenvalue weighted by Crippen LogP contribution is -2.27. The van der Waals surface area contributed by atoms with Crippen molar-refractivity contribution in [3.8, 4) is 5.75 Å². The fraction of sp³-hybridized carbons (Fsp3) is 0.391. The van der Waals surface area contributed by atoms with Gasteiger partial charge in [0.05, 0.1) is 11.7 Å². The van der Waals surface area contributed by atoms with Gasteiger partial charge in [0.25, 0.3) is 11.8 Å². The Morgan fingerprint density at radius 2 is 1.79 bits per heavy atom. The van der Waals surface area contributed by atoms with Crippen LogP contribution in [0.2, 0.25) is 0 Å². The summed E-state index contributed by atoms with van der Waals surface area (Å²) in [7, 11) is 0. The first-order valence-corrected chi connectivity index (χ1v) is 10.2. The SMILES string of the molecule is O=C(Nc1ccc(C(=O)N2CCCC2)cc1)c1ccccc1OCC1CCCO1. The van der Waals surface area contributed by atoms with Crippen LogP contribution in [-0.2, 0) is 4.74 Å². The Labute approximate surface area is 170 Å². The number of hydrogen-bond acceptors (Lipinski definition) is 4. The third-order valence-corrected chi connectivity index (χ3v) is 5.36. The summed E-state index contributed by atoms with van der Waals surface area (Å²) in [4.78, 5) is 27.1. The van der Waals surface area contributed by atoms with Gasteiger partial charge in [0.2, 0.25) is 0 Å². The lowest BCUT2D eigenvalue weighted by Gasteiger charge is -2.16. The van der Waals surface area contributed by atoms with Crippen LogP contribution in [0.25, 0.3) is 0 Å². The van der Waals surface area contributed by atoms with E-state index in [0.29, 0.717) is 29.2 Å². The lowest BCUT2D eigenvalue weighted by molar-refractivity contribution is 0.0673. The topological polar surface area (TPSA) is 67.9 Å². The van der Waals surface area contributed by atoms with Crippen molar-refractivity contribution in [3.05, 3.63) is 59.7 Å². The van der Waals surface area contributed by atoms with Crippen LogP contribution in [0.3, 0.4) is 0 Å². The van der Waals surface area contributed by atoms with E-state index in [9.17, 15) is 9.59 Å². The number of hydrogen-bond donors (Lipinski definition) is 1. The van der Waals surface area contributed by atoms with Crippen molar-refractivity contribution in [1.29, 1.82) is 0 Å². The number of nitrogens with one attached hydrogen (secondary N) is 1. The molecule has 6 nitrogen and oxygen atoms in total. The highest BCUT2D eigenvalue weighted by Gasteiger charge is 2.20. The Morgan fingerprint density at radius 1 is 1.03 bits per heavy atom. The van der Waals surface area contributed by atoms with Crippen molar-refractivity contribution in [2.24, 2.45) is 0 Å². The number of benzene rings is 2. The summed E-state index contributed by atoms with van der Waals surface area (Å²) in [5.74, 6) is 0.348. The number of anilines is 1. The van der Waals surface area contributed by atoms with Crippen LogP contribution in [0.4, 0.5) is 5.69 Å². The summed E-state index contributed by atoms with van der Waals surface area (Å²) in [6, 6.07) is 14.2. The van der Waals surface area contributed by atoms with Gasteiger partial charge in [-0.05, 0) is 62.1 Å². The molecule has 0 aromatic heterocycles. The monoisotopic (exact) mass is 394 g/mol. The van der Waals surface area contributed by atoms with E-state index in [1.54, 1.807) is 36.4 Å². The van der Waals surface area contributed by atoms with Gasteiger partial charge in [0.15, 0.2) is 0 Å². The maximum atomic E-state index is 12.8. The second kappa shape index (κ2) is 9.09. The predicted octanol–water partition coefficient (Wildman–Crippen LogP) is 3.73. The molecule has 2 fully saturated rings. The third-order valence-electron chi connectivity index (χ3n) is 5.36. The van der Waals surface area contributed by atoms with E-state index < -0.39 is 0 Å². The Balaban J connectivity index is 1.39. The van der Waals surface area contributed by atoms with Crippen LogP contribution in [-0.4, -0.2) is 49.1 Å². The predicted molar refractivity (Wildman–Crippen MR) is 110 cm³/mol. The van der Waals surface area contributed by atoms with Crippen LogP contribution < -0.4 is 10.1 Å². The summed E-state index contributed by atoms with van der Waals surface area (Å²) in [6.45, 7) is 2.85. The van der Waals surface area contributed by atoms with E-state index in [4.69, 9.17) is 9.47 Å². The number of rotatable bonds is 6. The zero-order valence-corrected chi connectivity index (χ0v) is 16.4. The van der Waals surface area contributed by atoms with Gasteiger partial charge in [-0.15, -0.1) is 0 Å². The smallest absolute Gasteiger partial charge is 0.259 e. The van der Waals surface area contributed by atoms with Gasteiger partial charge >= 0.3 is 0 Å². The third kappa shape index (κ3) is 4.77. The molecule has 2 aromatic rings. The molecule has 0 spiro atoms. The van der Waals surface area contributed by atoms with Crippen molar-refractivity contribution in [1.82, 2.24) is 4.90 Å². The molecule has 29 heavy (non-hydrogen) atoms. The number of nitrogens with zero attached hydrogens (tertiary/aromatic N) is 1. The first kappa shape index (κ1) is 19.5. The molecule has 0 radical (unpaired) electrons. The highest BCUT2D eigenvalue weighted by atomic mass is 16.5. The second-order valence-corrected chi connectivity index (χ2v) is 7.47. The molecule has 1 unspecified atom stereocenters. The first-order chi connectivity index (χ1) is 14.2. The molecule has 2 saturated heterocycles. The number of carbonyl (C=O) groups excluding carboxylic acids is 2. The summed E-state index contributed by atoms with van der Waals surface area (Å²) in [6.07, 6.45) is 4.25. The van der Waals surface area contributed by atoms with Gasteiger partial charge in [-0.25, -0.2) is 0 Å². The van der Waals surface area contributed by atoms with Gasteiger partial charge in [0.1, 0.15) is 12.4 Å².